The lowest BCUT2D eigenvalue weighted by atomic mass is 10.3. The van der Waals surface area contributed by atoms with Gasteiger partial charge in [-0.1, -0.05) is 0 Å². The Morgan fingerprint density at radius 3 is 2.85 bits per heavy atom. The summed E-state index contributed by atoms with van der Waals surface area (Å²) in [7, 11) is 0. The van der Waals surface area contributed by atoms with Gasteiger partial charge in [-0.25, -0.2) is 4.98 Å². The molecule has 72 valence electrons. The first-order valence-electron chi connectivity index (χ1n) is 4.78. The van der Waals surface area contributed by atoms with Crippen LogP contribution in [0.1, 0.15) is 11.4 Å². The Kier molecular flexibility index (Phi) is 2.61. The highest BCUT2D eigenvalue weighted by molar-refractivity contribution is 5.08. The quantitative estimate of drug-likeness (QED) is 0.679. The van der Waals surface area contributed by atoms with Crippen LogP contribution in [0, 0.1) is 6.92 Å². The van der Waals surface area contributed by atoms with Crippen molar-refractivity contribution >= 4 is 0 Å². The normalized spacial score (nSPS) is 19.2. The summed E-state index contributed by atoms with van der Waals surface area (Å²) >= 11 is 0. The molecule has 0 bridgehead atoms. The first-order valence-corrected chi connectivity index (χ1v) is 4.78. The standard InChI is InChI=1S/C9H16N4/c1-8-9(12-7-11-8)6-13-4-2-10-3-5-13/h7,10H,2-6H2,1H3,(H,11,12). The third kappa shape index (κ3) is 2.08. The van der Waals surface area contributed by atoms with Crippen LogP contribution in [0.25, 0.3) is 0 Å². The van der Waals surface area contributed by atoms with Gasteiger partial charge in [0.1, 0.15) is 0 Å². The van der Waals surface area contributed by atoms with E-state index in [1.54, 1.807) is 6.33 Å². The van der Waals surface area contributed by atoms with Crippen LogP contribution < -0.4 is 5.32 Å². The lowest BCUT2D eigenvalue weighted by Gasteiger charge is -2.26. The van der Waals surface area contributed by atoms with E-state index in [4.69, 9.17) is 0 Å². The first kappa shape index (κ1) is 8.72. The van der Waals surface area contributed by atoms with E-state index in [0.717, 1.165) is 32.7 Å². The number of hydrogen-bond acceptors (Lipinski definition) is 3. The summed E-state index contributed by atoms with van der Waals surface area (Å²) in [4.78, 5) is 9.83. The van der Waals surface area contributed by atoms with Crippen molar-refractivity contribution in [3.63, 3.8) is 0 Å². The SMILES string of the molecule is Cc1[nH]cnc1CN1CCNCC1. The van der Waals surface area contributed by atoms with Crippen LogP contribution in [0.3, 0.4) is 0 Å². The number of piperazine rings is 1. The largest absolute Gasteiger partial charge is 0.348 e. The van der Waals surface area contributed by atoms with Crippen LogP contribution in [0.2, 0.25) is 0 Å². The van der Waals surface area contributed by atoms with Crippen LogP contribution >= 0.6 is 0 Å². The fourth-order valence-corrected chi connectivity index (χ4v) is 1.63. The minimum absolute atomic E-state index is 0.983. The molecule has 0 spiro atoms. The molecule has 1 aliphatic rings. The molecule has 2 heterocycles. The number of imidazole rings is 1. The molecule has 4 heteroatoms. The Morgan fingerprint density at radius 1 is 1.46 bits per heavy atom. The van der Waals surface area contributed by atoms with Crippen molar-refractivity contribution in [1.29, 1.82) is 0 Å². The summed E-state index contributed by atoms with van der Waals surface area (Å²) in [5.41, 5.74) is 2.38. The molecule has 1 aromatic rings. The second-order valence-corrected chi connectivity index (χ2v) is 3.50. The molecule has 1 fully saturated rings. The molecule has 1 aliphatic heterocycles. The molecule has 0 aromatic carbocycles. The molecule has 2 N–H and O–H groups in total. The van der Waals surface area contributed by atoms with Gasteiger partial charge in [-0.15, -0.1) is 0 Å². The van der Waals surface area contributed by atoms with Gasteiger partial charge >= 0.3 is 0 Å². The van der Waals surface area contributed by atoms with Crippen molar-refractivity contribution < 1.29 is 0 Å². The minimum Gasteiger partial charge on any atom is -0.348 e. The molecule has 0 atom stereocenters. The third-order valence-electron chi connectivity index (χ3n) is 2.52. The molecule has 4 nitrogen and oxygen atoms in total. The Labute approximate surface area is 78.4 Å². The average Bonchev–Trinajstić information content (AvgIpc) is 2.54. The second kappa shape index (κ2) is 3.89. The van der Waals surface area contributed by atoms with E-state index < -0.39 is 0 Å². The Morgan fingerprint density at radius 2 is 2.23 bits per heavy atom. The fraction of sp³-hybridized carbons (Fsp3) is 0.667. The van der Waals surface area contributed by atoms with E-state index in [2.05, 4.69) is 27.1 Å². The highest BCUT2D eigenvalue weighted by Crippen LogP contribution is 2.05. The molecule has 0 amide bonds. The smallest absolute Gasteiger partial charge is 0.0925 e. The van der Waals surface area contributed by atoms with Crippen molar-refractivity contribution in [2.45, 2.75) is 13.5 Å². The summed E-state index contributed by atoms with van der Waals surface area (Å²) in [6.07, 6.45) is 1.77. The number of nitrogens with zero attached hydrogens (tertiary/aromatic N) is 2. The van der Waals surface area contributed by atoms with Crippen LogP contribution in [-0.2, 0) is 6.54 Å². The highest BCUT2D eigenvalue weighted by Gasteiger charge is 2.11. The van der Waals surface area contributed by atoms with E-state index >= 15 is 0 Å². The molecule has 0 unspecified atom stereocenters. The molecule has 13 heavy (non-hydrogen) atoms. The summed E-state index contributed by atoms with van der Waals surface area (Å²) in [6.45, 7) is 7.52. The van der Waals surface area contributed by atoms with Crippen LogP contribution in [0.15, 0.2) is 6.33 Å². The van der Waals surface area contributed by atoms with E-state index in [1.807, 2.05) is 0 Å². The molecule has 1 aromatic heterocycles. The van der Waals surface area contributed by atoms with E-state index in [-0.39, 0.29) is 0 Å². The number of nitrogens with one attached hydrogen (secondary N) is 2. The Balaban J connectivity index is 1.93. The first-order chi connectivity index (χ1) is 6.36. The summed E-state index contributed by atoms with van der Waals surface area (Å²) < 4.78 is 0. The average molecular weight is 180 g/mol. The number of H-pyrrole nitrogens is 1. The highest BCUT2D eigenvalue weighted by atomic mass is 15.2. The van der Waals surface area contributed by atoms with Crippen molar-refractivity contribution in [3.8, 4) is 0 Å². The molecule has 0 aliphatic carbocycles. The number of aromatic amines is 1. The molecule has 2 rings (SSSR count). The molecule has 1 saturated heterocycles. The minimum atomic E-state index is 0.983. The van der Waals surface area contributed by atoms with Crippen molar-refractivity contribution in [3.05, 3.63) is 17.7 Å². The van der Waals surface area contributed by atoms with Gasteiger partial charge in [0.15, 0.2) is 0 Å². The van der Waals surface area contributed by atoms with Gasteiger partial charge in [0.25, 0.3) is 0 Å². The number of aromatic nitrogens is 2. The zero-order valence-corrected chi connectivity index (χ0v) is 8.01. The second-order valence-electron chi connectivity index (χ2n) is 3.50. The zero-order valence-electron chi connectivity index (χ0n) is 8.01. The lowest BCUT2D eigenvalue weighted by Crippen LogP contribution is -2.43. The molecular formula is C9H16N4. The molecule has 0 saturated carbocycles. The third-order valence-corrected chi connectivity index (χ3v) is 2.52. The van der Waals surface area contributed by atoms with Gasteiger partial charge in [0.05, 0.1) is 12.0 Å². The lowest BCUT2D eigenvalue weighted by molar-refractivity contribution is 0.230. The fourth-order valence-electron chi connectivity index (χ4n) is 1.63. The van der Waals surface area contributed by atoms with Crippen molar-refractivity contribution in [2.24, 2.45) is 0 Å². The summed E-state index contributed by atoms with van der Waals surface area (Å²) in [5, 5.41) is 3.34. The van der Waals surface area contributed by atoms with Crippen molar-refractivity contribution in [2.75, 3.05) is 26.2 Å². The number of rotatable bonds is 2. The summed E-state index contributed by atoms with van der Waals surface area (Å²) in [5.74, 6) is 0. The van der Waals surface area contributed by atoms with E-state index in [9.17, 15) is 0 Å². The zero-order chi connectivity index (χ0) is 9.10. The molecule has 0 radical (unpaired) electrons. The van der Waals surface area contributed by atoms with Crippen molar-refractivity contribution in [1.82, 2.24) is 20.2 Å². The predicted molar refractivity (Wildman–Crippen MR) is 51.5 cm³/mol. The topological polar surface area (TPSA) is 44.0 Å². The maximum atomic E-state index is 4.29. The maximum absolute atomic E-state index is 4.29. The Hall–Kier alpha value is -0.870. The van der Waals surface area contributed by atoms with Crippen LogP contribution in [-0.4, -0.2) is 41.0 Å². The van der Waals surface area contributed by atoms with E-state index in [1.165, 1.54) is 11.4 Å². The maximum Gasteiger partial charge on any atom is 0.0925 e. The van der Waals surface area contributed by atoms with Gasteiger partial charge in [-0.3, -0.25) is 4.90 Å². The summed E-state index contributed by atoms with van der Waals surface area (Å²) in [6, 6.07) is 0. The predicted octanol–water partition coefficient (Wildman–Crippen LogP) is 0.123. The van der Waals surface area contributed by atoms with Crippen LogP contribution in [0.4, 0.5) is 0 Å². The van der Waals surface area contributed by atoms with E-state index in [0.29, 0.717) is 0 Å². The van der Waals surface area contributed by atoms with Gasteiger partial charge < -0.3 is 10.3 Å². The number of aryl methyl sites for hydroxylation is 1. The van der Waals surface area contributed by atoms with Gasteiger partial charge in [0, 0.05) is 38.4 Å². The van der Waals surface area contributed by atoms with Gasteiger partial charge in [-0.05, 0) is 6.92 Å². The number of hydrogen-bond donors (Lipinski definition) is 2. The van der Waals surface area contributed by atoms with Crippen LogP contribution in [0.5, 0.6) is 0 Å². The Bertz CT molecular complexity index is 262. The monoisotopic (exact) mass is 180 g/mol. The van der Waals surface area contributed by atoms with Gasteiger partial charge in [-0.2, -0.15) is 0 Å². The van der Waals surface area contributed by atoms with Gasteiger partial charge in [0.2, 0.25) is 0 Å². The molecular weight excluding hydrogens is 164 g/mol.